The maximum Gasteiger partial charge on any atom is 0.430 e. The van der Waals surface area contributed by atoms with Crippen LogP contribution in [0.4, 0.5) is 36.4 Å². The molecule has 0 spiro atoms. The van der Waals surface area contributed by atoms with E-state index in [-0.39, 0.29) is 49.1 Å². The molecule has 0 saturated heterocycles. The number of ketones is 1. The number of fused-ring (bicyclic) bond motifs is 1. The molecular formula is C26H28F7NO5S. The molecule has 14 heteroatoms. The minimum absolute atomic E-state index is 0.000911. The summed E-state index contributed by atoms with van der Waals surface area (Å²) in [6, 6.07) is 4.12. The number of hydrogen-bond acceptors (Lipinski definition) is 5. The SMILES string of the molecule is CC(C)(O)CCCC(=O)C[C@@H]1CCc2cc(C(O)(C(F)(F)F)C(F)(F)F)ccc2N1S(=O)(=O)c1ccc(F)cc1. The summed E-state index contributed by atoms with van der Waals surface area (Å²) in [5.41, 5.74) is -8.26. The van der Waals surface area contributed by atoms with Crippen molar-refractivity contribution < 1.29 is 54.2 Å². The van der Waals surface area contributed by atoms with Crippen molar-refractivity contribution in [2.75, 3.05) is 4.31 Å². The number of rotatable bonds is 9. The number of hydrogen-bond donors (Lipinski definition) is 2. The monoisotopic (exact) mass is 599 g/mol. The number of alkyl halides is 6. The van der Waals surface area contributed by atoms with Gasteiger partial charge in [-0.2, -0.15) is 26.3 Å². The summed E-state index contributed by atoms with van der Waals surface area (Å²) in [6.45, 7) is 3.11. The van der Waals surface area contributed by atoms with Crippen molar-refractivity contribution in [1.82, 2.24) is 0 Å². The van der Waals surface area contributed by atoms with Gasteiger partial charge in [0.1, 0.15) is 11.6 Å². The Bertz CT molecular complexity index is 1320. The summed E-state index contributed by atoms with van der Waals surface area (Å²) in [6.07, 6.45) is -12.3. The molecule has 222 valence electrons. The Hall–Kier alpha value is -2.71. The van der Waals surface area contributed by atoms with E-state index in [0.29, 0.717) is 18.6 Å². The molecule has 1 atom stereocenters. The third-order valence-corrected chi connectivity index (χ3v) is 8.59. The maximum absolute atomic E-state index is 13.6. The lowest BCUT2D eigenvalue weighted by atomic mass is 9.87. The van der Waals surface area contributed by atoms with Crippen molar-refractivity contribution in [2.24, 2.45) is 0 Å². The predicted molar refractivity (Wildman–Crippen MR) is 130 cm³/mol. The second-order valence-corrected chi connectivity index (χ2v) is 12.2. The molecule has 0 fully saturated rings. The Kier molecular flexibility index (Phi) is 8.70. The van der Waals surface area contributed by atoms with Crippen LogP contribution in [0.3, 0.4) is 0 Å². The summed E-state index contributed by atoms with van der Waals surface area (Å²) < 4.78 is 122. The van der Waals surface area contributed by atoms with Gasteiger partial charge in [-0.05, 0) is 75.4 Å². The molecule has 0 saturated carbocycles. The van der Waals surface area contributed by atoms with Crippen LogP contribution in [0.15, 0.2) is 47.4 Å². The fraction of sp³-hybridized carbons (Fsp3) is 0.500. The van der Waals surface area contributed by atoms with Gasteiger partial charge in [0.15, 0.2) is 0 Å². The van der Waals surface area contributed by atoms with E-state index < -0.39 is 55.9 Å². The van der Waals surface area contributed by atoms with Gasteiger partial charge in [0.2, 0.25) is 0 Å². The van der Waals surface area contributed by atoms with Gasteiger partial charge >= 0.3 is 12.4 Å². The first-order chi connectivity index (χ1) is 18.2. The Morgan fingerprint density at radius 3 is 2.08 bits per heavy atom. The van der Waals surface area contributed by atoms with Gasteiger partial charge in [-0.1, -0.05) is 12.1 Å². The first-order valence-corrected chi connectivity index (χ1v) is 13.7. The topological polar surface area (TPSA) is 94.9 Å². The van der Waals surface area contributed by atoms with Crippen molar-refractivity contribution in [3.05, 3.63) is 59.4 Å². The molecule has 2 N–H and O–H groups in total. The highest BCUT2D eigenvalue weighted by molar-refractivity contribution is 7.92. The van der Waals surface area contributed by atoms with E-state index in [1.165, 1.54) is 0 Å². The van der Waals surface area contributed by atoms with Crippen LogP contribution in [-0.2, 0) is 26.8 Å². The average molecular weight is 600 g/mol. The minimum atomic E-state index is -6.13. The number of carbonyl (C=O) groups excluding carboxylic acids is 1. The molecule has 0 radical (unpaired) electrons. The summed E-state index contributed by atoms with van der Waals surface area (Å²) in [5, 5.41) is 19.7. The number of halogens is 7. The van der Waals surface area contributed by atoms with Crippen LogP contribution in [0.1, 0.15) is 57.1 Å². The van der Waals surface area contributed by atoms with Crippen molar-refractivity contribution in [3.63, 3.8) is 0 Å². The molecule has 6 nitrogen and oxygen atoms in total. The Labute approximate surface area is 226 Å². The van der Waals surface area contributed by atoms with Gasteiger partial charge in [0.25, 0.3) is 15.6 Å². The van der Waals surface area contributed by atoms with E-state index >= 15 is 0 Å². The Morgan fingerprint density at radius 2 is 1.55 bits per heavy atom. The Balaban J connectivity index is 2.07. The summed E-state index contributed by atoms with van der Waals surface area (Å²) in [7, 11) is -4.57. The maximum atomic E-state index is 13.6. The first-order valence-electron chi connectivity index (χ1n) is 12.2. The van der Waals surface area contributed by atoms with Crippen molar-refractivity contribution in [1.29, 1.82) is 0 Å². The highest BCUT2D eigenvalue weighted by Gasteiger charge is 2.71. The quantitative estimate of drug-likeness (QED) is 0.369. The van der Waals surface area contributed by atoms with E-state index in [9.17, 15) is 54.2 Å². The summed E-state index contributed by atoms with van der Waals surface area (Å²) >= 11 is 0. The van der Waals surface area contributed by atoms with Gasteiger partial charge in [-0.15, -0.1) is 0 Å². The standard InChI is InChI=1S/C26H28F7NO5S/c1-23(2,36)13-3-4-20(35)15-19-9-5-16-14-17(24(37,25(28,29)30)26(31,32)33)6-12-22(16)34(19)40(38,39)21-10-7-18(27)8-11-21/h6-8,10-12,14,19,36-37H,3-5,9,13,15H2,1-2H3/t19-/m0/s1. The fourth-order valence-electron chi connectivity index (χ4n) is 4.66. The summed E-state index contributed by atoms with van der Waals surface area (Å²) in [4.78, 5) is 12.3. The van der Waals surface area contributed by atoms with E-state index in [1.54, 1.807) is 13.8 Å². The van der Waals surface area contributed by atoms with E-state index in [0.717, 1.165) is 34.6 Å². The zero-order valence-electron chi connectivity index (χ0n) is 21.5. The van der Waals surface area contributed by atoms with E-state index in [1.807, 2.05) is 0 Å². The molecule has 0 bridgehead atoms. The van der Waals surface area contributed by atoms with E-state index in [2.05, 4.69) is 0 Å². The number of carbonyl (C=O) groups is 1. The van der Waals surface area contributed by atoms with Crippen LogP contribution < -0.4 is 4.31 Å². The largest absolute Gasteiger partial charge is 0.430 e. The van der Waals surface area contributed by atoms with Crippen LogP contribution in [0.2, 0.25) is 0 Å². The zero-order valence-corrected chi connectivity index (χ0v) is 22.3. The smallest absolute Gasteiger partial charge is 0.390 e. The minimum Gasteiger partial charge on any atom is -0.390 e. The highest BCUT2D eigenvalue weighted by Crippen LogP contribution is 2.51. The molecule has 1 heterocycles. The molecule has 0 unspecified atom stereocenters. The lowest BCUT2D eigenvalue weighted by molar-refractivity contribution is -0.376. The number of sulfonamides is 1. The molecule has 0 amide bonds. The van der Waals surface area contributed by atoms with Crippen LogP contribution in [0, 0.1) is 5.82 Å². The molecule has 1 aliphatic heterocycles. The third kappa shape index (κ3) is 6.44. The van der Waals surface area contributed by atoms with Gasteiger partial charge in [0.05, 0.1) is 22.2 Å². The lowest BCUT2D eigenvalue weighted by Crippen LogP contribution is -2.54. The van der Waals surface area contributed by atoms with Crippen LogP contribution in [-0.4, -0.2) is 48.4 Å². The fourth-order valence-corrected chi connectivity index (χ4v) is 6.38. The predicted octanol–water partition coefficient (Wildman–Crippen LogP) is 5.55. The molecule has 1 aliphatic rings. The molecule has 2 aromatic rings. The first kappa shape index (κ1) is 31.8. The summed E-state index contributed by atoms with van der Waals surface area (Å²) in [5.74, 6) is -1.11. The zero-order chi connectivity index (χ0) is 30.3. The average Bonchev–Trinajstić information content (AvgIpc) is 2.81. The van der Waals surface area contributed by atoms with Gasteiger partial charge in [0, 0.05) is 18.4 Å². The van der Waals surface area contributed by atoms with Crippen molar-refractivity contribution in [2.45, 2.75) is 86.9 Å². The Morgan fingerprint density at radius 1 is 0.975 bits per heavy atom. The van der Waals surface area contributed by atoms with Gasteiger partial charge < -0.3 is 10.2 Å². The molecule has 2 aromatic carbocycles. The highest BCUT2D eigenvalue weighted by atomic mass is 32.2. The lowest BCUT2D eigenvalue weighted by Gasteiger charge is -2.39. The molecule has 0 aromatic heterocycles. The number of aryl methyl sites for hydroxylation is 1. The molecule has 3 rings (SSSR count). The van der Waals surface area contributed by atoms with Crippen LogP contribution >= 0.6 is 0 Å². The second-order valence-electron chi connectivity index (χ2n) is 10.4. The molecule has 0 aliphatic carbocycles. The van der Waals surface area contributed by atoms with Crippen LogP contribution in [0.25, 0.3) is 0 Å². The third-order valence-electron chi connectivity index (χ3n) is 6.71. The number of aliphatic hydroxyl groups is 2. The number of benzene rings is 2. The van der Waals surface area contributed by atoms with Gasteiger partial charge in [-0.3, -0.25) is 9.10 Å². The molecule has 40 heavy (non-hydrogen) atoms. The van der Waals surface area contributed by atoms with Crippen molar-refractivity contribution in [3.8, 4) is 0 Å². The van der Waals surface area contributed by atoms with Crippen LogP contribution in [0.5, 0.6) is 0 Å². The van der Waals surface area contributed by atoms with E-state index in [4.69, 9.17) is 0 Å². The molecular weight excluding hydrogens is 571 g/mol. The number of nitrogens with zero attached hydrogens (tertiary/aromatic N) is 1. The normalized spacial score (nSPS) is 17.1. The number of anilines is 1. The van der Waals surface area contributed by atoms with Gasteiger partial charge in [-0.25, -0.2) is 12.8 Å². The second kappa shape index (κ2) is 10.9. The van der Waals surface area contributed by atoms with Crippen molar-refractivity contribution >= 4 is 21.5 Å². The number of Topliss-reactive ketones (excluding diaryl/α,β-unsaturated/α-hetero) is 1.